The van der Waals surface area contributed by atoms with Gasteiger partial charge in [0.2, 0.25) is 0 Å². The number of aromatic nitrogens is 1. The highest BCUT2D eigenvalue weighted by Gasteiger charge is 2.16. The Labute approximate surface area is 111 Å². The number of para-hydroxylation sites is 1. The molecular formula is C15H13N3O. The van der Waals surface area contributed by atoms with E-state index in [1.54, 1.807) is 49.6 Å². The van der Waals surface area contributed by atoms with Gasteiger partial charge in [0.1, 0.15) is 6.07 Å². The lowest BCUT2D eigenvalue weighted by atomic mass is 10.1. The fourth-order valence-electron chi connectivity index (χ4n) is 1.76. The summed E-state index contributed by atoms with van der Waals surface area (Å²) >= 11 is 0. The summed E-state index contributed by atoms with van der Waals surface area (Å²) < 4.78 is 0. The van der Waals surface area contributed by atoms with Gasteiger partial charge in [-0.3, -0.25) is 9.78 Å². The molecule has 0 unspecified atom stereocenters. The molecule has 0 saturated heterocycles. The lowest BCUT2D eigenvalue weighted by Crippen LogP contribution is -2.27. The predicted octanol–water partition coefficient (Wildman–Crippen LogP) is 2.54. The van der Waals surface area contributed by atoms with Crippen molar-refractivity contribution in [1.29, 1.82) is 5.26 Å². The highest BCUT2D eigenvalue weighted by molar-refractivity contribution is 6.06. The molecule has 4 nitrogen and oxygen atoms in total. The van der Waals surface area contributed by atoms with E-state index in [2.05, 4.69) is 11.1 Å². The number of hydrogen-bond acceptors (Lipinski definition) is 3. The van der Waals surface area contributed by atoms with Crippen LogP contribution in [0.3, 0.4) is 0 Å². The van der Waals surface area contributed by atoms with Crippen LogP contribution in [0.2, 0.25) is 0 Å². The Morgan fingerprint density at radius 2 is 2.00 bits per heavy atom. The van der Waals surface area contributed by atoms with E-state index < -0.39 is 0 Å². The zero-order valence-corrected chi connectivity index (χ0v) is 10.8. The van der Waals surface area contributed by atoms with Gasteiger partial charge in [0.25, 0.3) is 5.91 Å². The molecule has 2 aromatic rings. The molecule has 1 aromatic heterocycles. The first kappa shape index (κ1) is 12.8. The van der Waals surface area contributed by atoms with Crippen molar-refractivity contribution in [3.8, 4) is 6.07 Å². The van der Waals surface area contributed by atoms with E-state index in [0.717, 1.165) is 5.69 Å². The summed E-state index contributed by atoms with van der Waals surface area (Å²) in [5.41, 5.74) is 2.42. The minimum Gasteiger partial charge on any atom is -0.310 e. The van der Waals surface area contributed by atoms with Gasteiger partial charge in [0.05, 0.1) is 16.8 Å². The van der Waals surface area contributed by atoms with Crippen LogP contribution in [0, 0.1) is 18.3 Å². The average Bonchev–Trinajstić information content (AvgIpc) is 2.46. The summed E-state index contributed by atoms with van der Waals surface area (Å²) in [5.74, 6) is -0.185. The largest absolute Gasteiger partial charge is 0.310 e. The van der Waals surface area contributed by atoms with Crippen LogP contribution in [0.25, 0.3) is 0 Å². The molecule has 0 aliphatic rings. The van der Waals surface area contributed by atoms with E-state index in [-0.39, 0.29) is 5.91 Å². The van der Waals surface area contributed by atoms with Gasteiger partial charge >= 0.3 is 0 Å². The van der Waals surface area contributed by atoms with Gasteiger partial charge in [-0.25, -0.2) is 0 Å². The van der Waals surface area contributed by atoms with Crippen LogP contribution in [-0.4, -0.2) is 17.9 Å². The predicted molar refractivity (Wildman–Crippen MR) is 72.9 cm³/mol. The van der Waals surface area contributed by atoms with E-state index in [4.69, 9.17) is 5.26 Å². The number of benzene rings is 1. The van der Waals surface area contributed by atoms with Crippen molar-refractivity contribution in [2.45, 2.75) is 6.92 Å². The number of amides is 1. The van der Waals surface area contributed by atoms with Crippen molar-refractivity contribution in [2.24, 2.45) is 0 Å². The molecule has 0 spiro atoms. The molecule has 0 radical (unpaired) electrons. The Balaban J connectivity index is 2.34. The Bertz CT molecular complexity index is 641. The molecule has 94 valence electrons. The Morgan fingerprint density at radius 1 is 1.26 bits per heavy atom. The molecule has 0 atom stereocenters. The van der Waals surface area contributed by atoms with E-state index in [1.807, 2.05) is 6.92 Å². The molecular weight excluding hydrogens is 238 g/mol. The van der Waals surface area contributed by atoms with Crippen molar-refractivity contribution >= 4 is 11.6 Å². The molecule has 1 amide bonds. The maximum atomic E-state index is 12.3. The normalized spacial score (nSPS) is 9.74. The lowest BCUT2D eigenvalue weighted by Gasteiger charge is -2.18. The third-order valence-electron chi connectivity index (χ3n) is 2.85. The van der Waals surface area contributed by atoms with Crippen LogP contribution < -0.4 is 4.90 Å². The summed E-state index contributed by atoms with van der Waals surface area (Å²) in [6, 6.07) is 12.6. The molecule has 1 heterocycles. The first-order valence-electron chi connectivity index (χ1n) is 5.83. The minimum absolute atomic E-state index is 0.185. The molecule has 0 bridgehead atoms. The van der Waals surface area contributed by atoms with Gasteiger partial charge in [-0.2, -0.15) is 5.26 Å². The molecule has 0 saturated carbocycles. The highest BCUT2D eigenvalue weighted by atomic mass is 16.2. The van der Waals surface area contributed by atoms with Crippen LogP contribution >= 0.6 is 0 Å². The lowest BCUT2D eigenvalue weighted by molar-refractivity contribution is 0.0992. The summed E-state index contributed by atoms with van der Waals surface area (Å²) in [5, 5.41) is 9.06. The third-order valence-corrected chi connectivity index (χ3v) is 2.85. The number of anilines is 1. The van der Waals surface area contributed by atoms with Gasteiger partial charge < -0.3 is 4.90 Å². The second-order valence-electron chi connectivity index (χ2n) is 4.18. The molecule has 19 heavy (non-hydrogen) atoms. The van der Waals surface area contributed by atoms with Gasteiger partial charge in [-0.15, -0.1) is 0 Å². The molecule has 2 rings (SSSR count). The SMILES string of the molecule is Cc1ccc(C(=O)N(C)c2ccccc2C#N)cn1. The third kappa shape index (κ3) is 2.61. The molecule has 1 aromatic carbocycles. The van der Waals surface area contributed by atoms with Gasteiger partial charge in [-0.1, -0.05) is 12.1 Å². The van der Waals surface area contributed by atoms with E-state index >= 15 is 0 Å². The molecule has 0 fully saturated rings. The van der Waals surface area contributed by atoms with E-state index in [9.17, 15) is 4.79 Å². The zero-order chi connectivity index (χ0) is 13.8. The van der Waals surface area contributed by atoms with Gasteiger partial charge in [-0.05, 0) is 31.2 Å². The fourth-order valence-corrected chi connectivity index (χ4v) is 1.76. The fraction of sp³-hybridized carbons (Fsp3) is 0.133. The summed E-state index contributed by atoms with van der Waals surface area (Å²) in [6.45, 7) is 1.86. The van der Waals surface area contributed by atoms with E-state index in [0.29, 0.717) is 16.8 Å². The van der Waals surface area contributed by atoms with E-state index in [1.165, 1.54) is 4.90 Å². The quantitative estimate of drug-likeness (QED) is 0.824. The first-order valence-corrected chi connectivity index (χ1v) is 5.83. The van der Waals surface area contributed by atoms with Crippen LogP contribution in [0.1, 0.15) is 21.6 Å². The number of nitrogens with zero attached hydrogens (tertiary/aromatic N) is 3. The summed E-state index contributed by atoms with van der Waals surface area (Å²) in [6.07, 6.45) is 1.54. The second-order valence-corrected chi connectivity index (χ2v) is 4.18. The molecule has 4 heteroatoms. The number of rotatable bonds is 2. The molecule has 0 aliphatic carbocycles. The van der Waals surface area contributed by atoms with Crippen molar-refractivity contribution in [3.63, 3.8) is 0 Å². The monoisotopic (exact) mass is 251 g/mol. The standard InChI is InChI=1S/C15H13N3O/c1-11-7-8-13(10-17-11)15(19)18(2)14-6-4-3-5-12(14)9-16/h3-8,10H,1-2H3. The summed E-state index contributed by atoms with van der Waals surface area (Å²) in [7, 11) is 1.65. The maximum absolute atomic E-state index is 12.3. The first-order chi connectivity index (χ1) is 9.13. The van der Waals surface area contributed by atoms with Gasteiger partial charge in [0.15, 0.2) is 0 Å². The van der Waals surface area contributed by atoms with Gasteiger partial charge in [0, 0.05) is 18.9 Å². The number of carbonyl (C=O) groups excluding carboxylic acids is 1. The summed E-state index contributed by atoms with van der Waals surface area (Å²) in [4.78, 5) is 17.9. The van der Waals surface area contributed by atoms with Crippen LogP contribution in [-0.2, 0) is 0 Å². The van der Waals surface area contributed by atoms with Crippen LogP contribution in [0.5, 0.6) is 0 Å². The van der Waals surface area contributed by atoms with Crippen molar-refractivity contribution in [3.05, 3.63) is 59.4 Å². The zero-order valence-electron chi connectivity index (χ0n) is 10.8. The Kier molecular flexibility index (Phi) is 3.58. The van der Waals surface area contributed by atoms with Crippen molar-refractivity contribution < 1.29 is 4.79 Å². The van der Waals surface area contributed by atoms with Crippen molar-refractivity contribution in [1.82, 2.24) is 4.98 Å². The highest BCUT2D eigenvalue weighted by Crippen LogP contribution is 2.20. The number of nitriles is 1. The average molecular weight is 251 g/mol. The Morgan fingerprint density at radius 3 is 2.63 bits per heavy atom. The second kappa shape index (κ2) is 5.32. The number of pyridine rings is 1. The van der Waals surface area contributed by atoms with Crippen molar-refractivity contribution in [2.75, 3.05) is 11.9 Å². The molecule has 0 aliphatic heterocycles. The van der Waals surface area contributed by atoms with Crippen LogP contribution in [0.4, 0.5) is 5.69 Å². The Hall–Kier alpha value is -2.67. The number of carbonyl (C=O) groups is 1. The number of hydrogen-bond donors (Lipinski definition) is 0. The minimum atomic E-state index is -0.185. The smallest absolute Gasteiger partial charge is 0.259 e. The maximum Gasteiger partial charge on any atom is 0.259 e. The topological polar surface area (TPSA) is 57.0 Å². The van der Waals surface area contributed by atoms with Crippen LogP contribution in [0.15, 0.2) is 42.6 Å². The molecule has 0 N–H and O–H groups in total. The number of aryl methyl sites for hydroxylation is 1.